The van der Waals surface area contributed by atoms with Crippen LogP contribution in [0.5, 0.6) is 0 Å². The molecule has 1 aromatic rings. The third-order valence-corrected chi connectivity index (χ3v) is 4.31. The maximum absolute atomic E-state index is 5.74. The zero-order chi connectivity index (χ0) is 14.5. The third-order valence-electron chi connectivity index (χ3n) is 4.31. The fraction of sp³-hybridized carbons (Fsp3) is 0.786. The van der Waals surface area contributed by atoms with E-state index in [9.17, 15) is 0 Å². The van der Waals surface area contributed by atoms with Gasteiger partial charge in [-0.3, -0.25) is 16.0 Å². The number of hydrazine groups is 1. The van der Waals surface area contributed by atoms with Crippen LogP contribution in [0.1, 0.15) is 18.4 Å². The zero-order valence-corrected chi connectivity index (χ0v) is 12.9. The minimum atomic E-state index is 0.356. The first-order valence-electron chi connectivity index (χ1n) is 7.41. The quantitative estimate of drug-likeness (QED) is 0.559. The molecule has 0 aliphatic carbocycles. The van der Waals surface area contributed by atoms with E-state index in [0.29, 0.717) is 12.1 Å². The van der Waals surface area contributed by atoms with Crippen molar-refractivity contribution in [3.8, 4) is 0 Å². The van der Waals surface area contributed by atoms with Crippen molar-refractivity contribution in [2.75, 3.05) is 33.7 Å². The Morgan fingerprint density at radius 2 is 2.20 bits per heavy atom. The van der Waals surface area contributed by atoms with E-state index in [-0.39, 0.29) is 0 Å². The molecule has 20 heavy (non-hydrogen) atoms. The fourth-order valence-corrected chi connectivity index (χ4v) is 2.90. The number of nitrogens with one attached hydrogen (secondary N) is 1. The topological polar surface area (TPSA) is 62.3 Å². The molecule has 3 N–H and O–H groups in total. The Hall–Kier alpha value is -0.950. The first kappa shape index (κ1) is 15.4. The second-order valence-electron chi connectivity index (χ2n) is 6.06. The maximum Gasteiger partial charge on any atom is 0.0521 e. The molecule has 114 valence electrons. The number of hydrogen-bond acceptors (Lipinski definition) is 5. The van der Waals surface area contributed by atoms with E-state index in [0.717, 1.165) is 38.9 Å². The molecule has 2 heterocycles. The highest BCUT2D eigenvalue weighted by atomic mass is 15.3. The van der Waals surface area contributed by atoms with Gasteiger partial charge in [-0.05, 0) is 38.9 Å². The van der Waals surface area contributed by atoms with Crippen molar-refractivity contribution >= 4 is 0 Å². The van der Waals surface area contributed by atoms with Crippen LogP contribution in [0.2, 0.25) is 0 Å². The molecule has 6 nitrogen and oxygen atoms in total. The van der Waals surface area contributed by atoms with Crippen molar-refractivity contribution in [3.63, 3.8) is 0 Å². The molecule has 0 bridgehead atoms. The Morgan fingerprint density at radius 1 is 1.40 bits per heavy atom. The molecule has 1 aromatic heterocycles. The van der Waals surface area contributed by atoms with Crippen molar-refractivity contribution in [3.05, 3.63) is 18.0 Å². The molecule has 0 saturated carbocycles. The van der Waals surface area contributed by atoms with Gasteiger partial charge in [0.25, 0.3) is 0 Å². The number of aromatic nitrogens is 2. The lowest BCUT2D eigenvalue weighted by molar-refractivity contribution is 0.100. The van der Waals surface area contributed by atoms with E-state index in [1.165, 1.54) is 5.56 Å². The number of aryl methyl sites for hydroxylation is 2. The largest absolute Gasteiger partial charge is 0.304 e. The van der Waals surface area contributed by atoms with E-state index in [4.69, 9.17) is 5.84 Å². The van der Waals surface area contributed by atoms with Crippen LogP contribution in [0.3, 0.4) is 0 Å². The molecule has 0 aromatic carbocycles. The van der Waals surface area contributed by atoms with Gasteiger partial charge in [0, 0.05) is 45.0 Å². The molecule has 1 aliphatic heterocycles. The van der Waals surface area contributed by atoms with E-state index >= 15 is 0 Å². The summed E-state index contributed by atoms with van der Waals surface area (Å²) < 4.78 is 1.85. The predicted octanol–water partition coefficient (Wildman–Crippen LogP) is -0.179. The Bertz CT molecular complexity index is 404. The maximum atomic E-state index is 5.74. The molecule has 2 atom stereocenters. The lowest BCUT2D eigenvalue weighted by Gasteiger charge is -2.39. The van der Waals surface area contributed by atoms with E-state index in [1.807, 2.05) is 17.9 Å². The molecule has 1 fully saturated rings. The third kappa shape index (κ3) is 4.28. The van der Waals surface area contributed by atoms with Gasteiger partial charge in [0.05, 0.1) is 6.20 Å². The molecule has 2 unspecified atom stereocenters. The van der Waals surface area contributed by atoms with Crippen LogP contribution in [-0.4, -0.2) is 65.4 Å². The number of nitrogens with zero attached hydrogens (tertiary/aromatic N) is 4. The van der Waals surface area contributed by atoms with Crippen LogP contribution in [0.25, 0.3) is 0 Å². The van der Waals surface area contributed by atoms with Gasteiger partial charge < -0.3 is 9.80 Å². The number of hydrogen-bond donors (Lipinski definition) is 2. The normalized spacial score (nSPS) is 23.1. The summed E-state index contributed by atoms with van der Waals surface area (Å²) in [6.45, 7) is 3.42. The molecular formula is C14H28N6. The Labute approximate surface area is 121 Å². The van der Waals surface area contributed by atoms with Gasteiger partial charge in [-0.1, -0.05) is 0 Å². The van der Waals surface area contributed by atoms with Crippen molar-refractivity contribution in [1.29, 1.82) is 0 Å². The lowest BCUT2D eigenvalue weighted by atomic mass is 9.99. The van der Waals surface area contributed by atoms with E-state index in [2.05, 4.69) is 40.6 Å². The highest BCUT2D eigenvalue weighted by molar-refractivity contribution is 5.04. The van der Waals surface area contributed by atoms with Crippen molar-refractivity contribution < 1.29 is 0 Å². The summed E-state index contributed by atoms with van der Waals surface area (Å²) in [6, 6.07) is 0.942. The first-order chi connectivity index (χ1) is 9.58. The lowest BCUT2D eigenvalue weighted by Crippen LogP contribution is -2.52. The molecule has 0 spiro atoms. The number of piperazine rings is 1. The smallest absolute Gasteiger partial charge is 0.0521 e. The predicted molar refractivity (Wildman–Crippen MR) is 81.2 cm³/mol. The van der Waals surface area contributed by atoms with E-state index in [1.54, 1.807) is 0 Å². The number of rotatable bonds is 6. The summed E-state index contributed by atoms with van der Waals surface area (Å²) in [4.78, 5) is 4.85. The monoisotopic (exact) mass is 280 g/mol. The molecule has 0 amide bonds. The summed E-state index contributed by atoms with van der Waals surface area (Å²) >= 11 is 0. The average Bonchev–Trinajstić information content (AvgIpc) is 2.84. The minimum absolute atomic E-state index is 0.356. The highest BCUT2D eigenvalue weighted by Crippen LogP contribution is 2.14. The van der Waals surface area contributed by atoms with E-state index < -0.39 is 0 Å². The fourth-order valence-electron chi connectivity index (χ4n) is 2.90. The van der Waals surface area contributed by atoms with Crippen molar-refractivity contribution in [2.24, 2.45) is 12.9 Å². The van der Waals surface area contributed by atoms with Crippen LogP contribution in [0.15, 0.2) is 12.4 Å². The van der Waals surface area contributed by atoms with Gasteiger partial charge in [-0.15, -0.1) is 0 Å². The van der Waals surface area contributed by atoms with Crippen molar-refractivity contribution in [1.82, 2.24) is 25.0 Å². The van der Waals surface area contributed by atoms with Gasteiger partial charge >= 0.3 is 0 Å². The van der Waals surface area contributed by atoms with Crippen LogP contribution in [0.4, 0.5) is 0 Å². The standard InChI is InChI=1S/C14H28N6/c1-18-6-7-19(2)14(11-18)8-13(17-15)5-4-12-9-16-20(3)10-12/h9-10,13-14,17H,4-8,11,15H2,1-3H3. The molecular weight excluding hydrogens is 252 g/mol. The Morgan fingerprint density at radius 3 is 2.85 bits per heavy atom. The van der Waals surface area contributed by atoms with Gasteiger partial charge in [0.1, 0.15) is 0 Å². The Balaban J connectivity index is 1.82. The SMILES string of the molecule is CN1CCN(C)C(CC(CCc2cnn(C)c2)NN)C1. The van der Waals surface area contributed by atoms with Gasteiger partial charge in [-0.2, -0.15) is 5.10 Å². The first-order valence-corrected chi connectivity index (χ1v) is 7.41. The summed E-state index contributed by atoms with van der Waals surface area (Å²) in [6.07, 6.45) is 7.19. The van der Waals surface area contributed by atoms with Gasteiger partial charge in [-0.25, -0.2) is 0 Å². The van der Waals surface area contributed by atoms with Crippen molar-refractivity contribution in [2.45, 2.75) is 31.3 Å². The number of likely N-dealkylation sites (N-methyl/N-ethyl adjacent to an activating group) is 2. The molecule has 1 saturated heterocycles. The summed E-state index contributed by atoms with van der Waals surface area (Å²) in [5.74, 6) is 5.74. The number of nitrogens with two attached hydrogens (primary N) is 1. The molecule has 2 rings (SSSR count). The highest BCUT2D eigenvalue weighted by Gasteiger charge is 2.24. The minimum Gasteiger partial charge on any atom is -0.304 e. The molecule has 1 aliphatic rings. The summed E-state index contributed by atoms with van der Waals surface area (Å²) in [5, 5.41) is 4.21. The zero-order valence-electron chi connectivity index (χ0n) is 12.9. The second kappa shape index (κ2) is 7.17. The average molecular weight is 280 g/mol. The Kier molecular flexibility index (Phi) is 5.54. The van der Waals surface area contributed by atoms with Gasteiger partial charge in [0.15, 0.2) is 0 Å². The summed E-state index contributed by atoms with van der Waals surface area (Å²) in [7, 11) is 6.36. The van der Waals surface area contributed by atoms with Gasteiger partial charge in [0.2, 0.25) is 0 Å². The van der Waals surface area contributed by atoms with Crippen LogP contribution < -0.4 is 11.3 Å². The summed E-state index contributed by atoms with van der Waals surface area (Å²) in [5.41, 5.74) is 4.27. The second-order valence-corrected chi connectivity index (χ2v) is 6.06. The van der Waals surface area contributed by atoms with Crippen LogP contribution >= 0.6 is 0 Å². The molecule has 6 heteroatoms. The van der Waals surface area contributed by atoms with Crippen LogP contribution in [0, 0.1) is 0 Å². The van der Waals surface area contributed by atoms with Crippen LogP contribution in [-0.2, 0) is 13.5 Å². The molecule has 0 radical (unpaired) electrons.